The number of carboxylic acids is 1. The Morgan fingerprint density at radius 3 is 2.65 bits per heavy atom. The predicted molar refractivity (Wildman–Crippen MR) is 65.2 cm³/mol. The number of carbonyl (C=O) groups is 2. The lowest BCUT2D eigenvalue weighted by Crippen LogP contribution is -2.41. The Kier molecular flexibility index (Phi) is 6.99. The van der Waals surface area contributed by atoms with Crippen LogP contribution in [0.1, 0.15) is 0 Å². The van der Waals surface area contributed by atoms with Crippen molar-refractivity contribution < 1.29 is 19.4 Å². The van der Waals surface area contributed by atoms with Gasteiger partial charge in [0.25, 0.3) is 0 Å². The molecule has 1 heterocycles. The van der Waals surface area contributed by atoms with Gasteiger partial charge in [-0.1, -0.05) is 0 Å². The molecule has 2 N–H and O–H groups in total. The summed E-state index contributed by atoms with van der Waals surface area (Å²) in [7, 11) is 0. The third kappa shape index (κ3) is 7.19. The molecule has 0 aromatic carbocycles. The summed E-state index contributed by atoms with van der Waals surface area (Å²) in [6, 6.07) is 0. The number of rotatable bonds is 7. The normalized spacial score (nSPS) is 16.7. The summed E-state index contributed by atoms with van der Waals surface area (Å²) in [5.41, 5.74) is 0. The molecule has 1 amide bonds. The molecule has 1 fully saturated rings. The molecule has 0 radical (unpaired) electrons. The summed E-state index contributed by atoms with van der Waals surface area (Å²) in [6.45, 7) is 4.74. The lowest BCUT2D eigenvalue weighted by Gasteiger charge is -2.26. The van der Waals surface area contributed by atoms with E-state index in [1.165, 1.54) is 0 Å². The maximum atomic E-state index is 11.3. The highest BCUT2D eigenvalue weighted by Crippen LogP contribution is 1.98. The van der Waals surface area contributed by atoms with Gasteiger partial charge in [0.1, 0.15) is 0 Å². The fourth-order valence-electron chi connectivity index (χ4n) is 1.46. The molecule has 1 aliphatic rings. The minimum atomic E-state index is -0.892. The van der Waals surface area contributed by atoms with Crippen LogP contribution in [0, 0.1) is 0 Å². The Balaban J connectivity index is 1.97. The summed E-state index contributed by atoms with van der Waals surface area (Å²) in [5.74, 6) is -0.827. The summed E-state index contributed by atoms with van der Waals surface area (Å²) >= 11 is 1.11. The number of aliphatic carboxylic acids is 1. The van der Waals surface area contributed by atoms with Crippen LogP contribution in [0.3, 0.4) is 0 Å². The first-order chi connectivity index (χ1) is 8.18. The van der Waals surface area contributed by atoms with Crippen LogP contribution < -0.4 is 5.32 Å². The van der Waals surface area contributed by atoms with E-state index in [-0.39, 0.29) is 17.4 Å². The van der Waals surface area contributed by atoms with Crippen LogP contribution in [-0.2, 0) is 14.3 Å². The zero-order valence-corrected chi connectivity index (χ0v) is 10.5. The van der Waals surface area contributed by atoms with Crippen LogP contribution in [0.15, 0.2) is 0 Å². The molecule has 7 heteroatoms. The topological polar surface area (TPSA) is 78.9 Å². The Labute approximate surface area is 105 Å². The van der Waals surface area contributed by atoms with Gasteiger partial charge in [-0.2, -0.15) is 0 Å². The number of hydrogen-bond donors (Lipinski definition) is 2. The molecule has 1 saturated heterocycles. The second kappa shape index (κ2) is 8.32. The van der Waals surface area contributed by atoms with Gasteiger partial charge >= 0.3 is 5.97 Å². The van der Waals surface area contributed by atoms with E-state index in [1.807, 2.05) is 0 Å². The average molecular weight is 262 g/mol. The van der Waals surface area contributed by atoms with Gasteiger partial charge in [0.15, 0.2) is 0 Å². The van der Waals surface area contributed by atoms with E-state index in [4.69, 9.17) is 9.84 Å². The van der Waals surface area contributed by atoms with E-state index < -0.39 is 5.97 Å². The smallest absolute Gasteiger partial charge is 0.313 e. The maximum Gasteiger partial charge on any atom is 0.313 e. The number of ether oxygens (including phenoxy) is 1. The van der Waals surface area contributed by atoms with Crippen molar-refractivity contribution in [3.05, 3.63) is 0 Å². The second-order valence-corrected chi connectivity index (χ2v) is 4.68. The molecular formula is C10H18N2O4S. The summed E-state index contributed by atoms with van der Waals surface area (Å²) in [6.07, 6.45) is 0. The molecule has 0 aromatic rings. The third-order valence-electron chi connectivity index (χ3n) is 2.31. The van der Waals surface area contributed by atoms with Gasteiger partial charge < -0.3 is 15.2 Å². The number of thioether (sulfide) groups is 1. The standard InChI is InChI=1S/C10H18N2O4S/c13-9(7-17-8-10(14)15)11-1-2-12-3-5-16-6-4-12/h1-8H2,(H,11,13)(H,14,15). The van der Waals surface area contributed by atoms with Gasteiger partial charge in [0, 0.05) is 26.2 Å². The maximum absolute atomic E-state index is 11.3. The fraction of sp³-hybridized carbons (Fsp3) is 0.800. The molecular weight excluding hydrogens is 244 g/mol. The van der Waals surface area contributed by atoms with Crippen molar-refractivity contribution in [2.24, 2.45) is 0 Å². The SMILES string of the molecule is O=C(O)CSCC(=O)NCCN1CCOCC1. The first-order valence-corrected chi connectivity index (χ1v) is 6.70. The van der Waals surface area contributed by atoms with Gasteiger partial charge in [0.05, 0.1) is 24.7 Å². The number of amides is 1. The Bertz CT molecular complexity index is 257. The van der Waals surface area contributed by atoms with Crippen molar-refractivity contribution in [1.82, 2.24) is 10.2 Å². The van der Waals surface area contributed by atoms with Crippen LogP contribution in [0.5, 0.6) is 0 Å². The van der Waals surface area contributed by atoms with E-state index in [9.17, 15) is 9.59 Å². The molecule has 1 aliphatic heterocycles. The Hall–Kier alpha value is -0.790. The van der Waals surface area contributed by atoms with Crippen molar-refractivity contribution in [2.45, 2.75) is 0 Å². The van der Waals surface area contributed by atoms with Crippen LogP contribution in [0.2, 0.25) is 0 Å². The fourth-order valence-corrected chi connectivity index (χ4v) is 2.02. The number of carboxylic acid groups (broad SMARTS) is 1. The van der Waals surface area contributed by atoms with Crippen molar-refractivity contribution in [1.29, 1.82) is 0 Å². The van der Waals surface area contributed by atoms with Gasteiger partial charge in [-0.3, -0.25) is 14.5 Å². The first kappa shape index (κ1) is 14.3. The molecule has 1 rings (SSSR count). The molecule has 6 nitrogen and oxygen atoms in total. The highest BCUT2D eigenvalue weighted by Gasteiger charge is 2.10. The molecule has 0 unspecified atom stereocenters. The molecule has 17 heavy (non-hydrogen) atoms. The molecule has 0 bridgehead atoms. The quantitative estimate of drug-likeness (QED) is 0.629. The highest BCUT2D eigenvalue weighted by molar-refractivity contribution is 8.00. The van der Waals surface area contributed by atoms with E-state index in [2.05, 4.69) is 10.2 Å². The van der Waals surface area contributed by atoms with E-state index >= 15 is 0 Å². The number of hydrogen-bond acceptors (Lipinski definition) is 5. The zero-order chi connectivity index (χ0) is 12.5. The summed E-state index contributed by atoms with van der Waals surface area (Å²) in [4.78, 5) is 23.8. The lowest BCUT2D eigenvalue weighted by molar-refractivity contribution is -0.133. The Morgan fingerprint density at radius 2 is 2.00 bits per heavy atom. The predicted octanol–water partition coefficient (Wildman–Crippen LogP) is -0.747. The summed E-state index contributed by atoms with van der Waals surface area (Å²) in [5, 5.41) is 11.2. The van der Waals surface area contributed by atoms with Gasteiger partial charge in [-0.25, -0.2) is 0 Å². The summed E-state index contributed by atoms with van der Waals surface area (Å²) < 4.78 is 5.21. The Morgan fingerprint density at radius 1 is 1.29 bits per heavy atom. The van der Waals surface area contributed by atoms with Crippen LogP contribution in [0.4, 0.5) is 0 Å². The van der Waals surface area contributed by atoms with Crippen LogP contribution in [-0.4, -0.2) is 72.8 Å². The van der Waals surface area contributed by atoms with E-state index in [1.54, 1.807) is 0 Å². The minimum absolute atomic E-state index is 0.0309. The number of morpholine rings is 1. The largest absolute Gasteiger partial charge is 0.481 e. The van der Waals surface area contributed by atoms with Gasteiger partial charge in [-0.05, 0) is 0 Å². The molecule has 0 aliphatic carbocycles. The monoisotopic (exact) mass is 262 g/mol. The van der Waals surface area contributed by atoms with E-state index in [0.29, 0.717) is 6.54 Å². The lowest BCUT2D eigenvalue weighted by atomic mass is 10.4. The molecule has 0 aromatic heterocycles. The van der Waals surface area contributed by atoms with Crippen molar-refractivity contribution in [2.75, 3.05) is 50.9 Å². The average Bonchev–Trinajstić information content (AvgIpc) is 2.30. The van der Waals surface area contributed by atoms with Crippen LogP contribution >= 0.6 is 11.8 Å². The van der Waals surface area contributed by atoms with Gasteiger partial charge in [-0.15, -0.1) is 11.8 Å². The molecule has 0 spiro atoms. The first-order valence-electron chi connectivity index (χ1n) is 5.55. The molecule has 0 saturated carbocycles. The van der Waals surface area contributed by atoms with Crippen molar-refractivity contribution in [3.63, 3.8) is 0 Å². The number of nitrogens with one attached hydrogen (secondary N) is 1. The molecule has 98 valence electrons. The zero-order valence-electron chi connectivity index (χ0n) is 9.68. The minimum Gasteiger partial charge on any atom is -0.481 e. The van der Waals surface area contributed by atoms with Crippen molar-refractivity contribution >= 4 is 23.6 Å². The number of nitrogens with zero attached hydrogens (tertiary/aromatic N) is 1. The third-order valence-corrected chi connectivity index (χ3v) is 3.23. The van der Waals surface area contributed by atoms with Crippen LogP contribution in [0.25, 0.3) is 0 Å². The number of carbonyl (C=O) groups excluding carboxylic acids is 1. The van der Waals surface area contributed by atoms with Gasteiger partial charge in [0.2, 0.25) is 5.91 Å². The van der Waals surface area contributed by atoms with E-state index in [0.717, 1.165) is 44.6 Å². The second-order valence-electron chi connectivity index (χ2n) is 3.69. The molecule has 0 atom stereocenters. The van der Waals surface area contributed by atoms with Crippen molar-refractivity contribution in [3.8, 4) is 0 Å². The highest BCUT2D eigenvalue weighted by atomic mass is 32.2.